The molecule has 7 heteroatoms. The van der Waals surface area contributed by atoms with Gasteiger partial charge >= 0.3 is 0 Å². The first-order chi connectivity index (χ1) is 13.0. The summed E-state index contributed by atoms with van der Waals surface area (Å²) in [5.74, 6) is -0.0981. The lowest BCUT2D eigenvalue weighted by atomic mass is 9.90. The second-order valence-corrected chi connectivity index (χ2v) is 7.91. The summed E-state index contributed by atoms with van der Waals surface area (Å²) >= 11 is 1.52. The number of aromatic nitrogens is 1. The van der Waals surface area contributed by atoms with Crippen LogP contribution in [0.25, 0.3) is 0 Å². The third kappa shape index (κ3) is 4.36. The van der Waals surface area contributed by atoms with E-state index in [0.29, 0.717) is 13.1 Å². The molecule has 2 amide bonds. The van der Waals surface area contributed by atoms with Crippen molar-refractivity contribution in [1.29, 1.82) is 0 Å². The molecule has 0 unspecified atom stereocenters. The average Bonchev–Trinajstić information content (AvgIpc) is 3.19. The van der Waals surface area contributed by atoms with Gasteiger partial charge in [-0.15, -0.1) is 11.3 Å². The van der Waals surface area contributed by atoms with E-state index in [4.69, 9.17) is 0 Å². The lowest BCUT2D eigenvalue weighted by Gasteiger charge is -2.43. The SMILES string of the molecule is CCC[C@@]1(C)C(=O)NCCN1CC(=O)N[C@H](c1ccccc1)c1nccs1. The Bertz CT molecular complexity index is 766. The molecule has 3 rings (SSSR count). The van der Waals surface area contributed by atoms with Crippen molar-refractivity contribution in [3.8, 4) is 0 Å². The Hall–Kier alpha value is -2.25. The van der Waals surface area contributed by atoms with Crippen LogP contribution in [0.2, 0.25) is 0 Å². The van der Waals surface area contributed by atoms with Gasteiger partial charge in [0.05, 0.1) is 12.1 Å². The van der Waals surface area contributed by atoms with Crippen LogP contribution < -0.4 is 10.6 Å². The van der Waals surface area contributed by atoms with E-state index in [1.54, 1.807) is 6.20 Å². The smallest absolute Gasteiger partial charge is 0.240 e. The minimum absolute atomic E-state index is 0.00272. The third-order valence-electron chi connectivity index (χ3n) is 5.06. The Morgan fingerprint density at radius 2 is 2.19 bits per heavy atom. The van der Waals surface area contributed by atoms with E-state index < -0.39 is 5.54 Å². The molecule has 0 aliphatic carbocycles. The van der Waals surface area contributed by atoms with Crippen LogP contribution >= 0.6 is 11.3 Å². The third-order valence-corrected chi connectivity index (χ3v) is 5.90. The van der Waals surface area contributed by atoms with Crippen LogP contribution in [0.4, 0.5) is 0 Å². The fourth-order valence-electron chi connectivity index (χ4n) is 3.59. The fourth-order valence-corrected chi connectivity index (χ4v) is 4.30. The second-order valence-electron chi connectivity index (χ2n) is 6.98. The van der Waals surface area contributed by atoms with Crippen LogP contribution in [0.1, 0.15) is 43.3 Å². The molecule has 0 bridgehead atoms. The van der Waals surface area contributed by atoms with Crippen molar-refractivity contribution in [3.63, 3.8) is 0 Å². The molecule has 0 saturated carbocycles. The molecular weight excluding hydrogens is 360 g/mol. The Morgan fingerprint density at radius 3 is 2.85 bits per heavy atom. The zero-order valence-electron chi connectivity index (χ0n) is 15.8. The van der Waals surface area contributed by atoms with E-state index in [2.05, 4.69) is 22.5 Å². The molecule has 1 aliphatic rings. The molecule has 2 heterocycles. The van der Waals surface area contributed by atoms with Crippen LogP contribution in [0, 0.1) is 0 Å². The molecular formula is C20H26N4O2S. The van der Waals surface area contributed by atoms with Gasteiger partial charge in [-0.05, 0) is 18.9 Å². The lowest BCUT2D eigenvalue weighted by Crippen LogP contribution is -2.64. The molecule has 1 fully saturated rings. The number of amides is 2. The van der Waals surface area contributed by atoms with Gasteiger partial charge in [0.25, 0.3) is 0 Å². The van der Waals surface area contributed by atoms with Crippen molar-refractivity contribution in [2.75, 3.05) is 19.6 Å². The zero-order valence-corrected chi connectivity index (χ0v) is 16.6. The zero-order chi connectivity index (χ0) is 19.3. The fraction of sp³-hybridized carbons (Fsp3) is 0.450. The number of carbonyl (C=O) groups is 2. The van der Waals surface area contributed by atoms with Crippen LogP contribution in [0.3, 0.4) is 0 Å². The van der Waals surface area contributed by atoms with Crippen molar-refractivity contribution >= 4 is 23.2 Å². The Kier molecular flexibility index (Phi) is 6.23. The summed E-state index contributed by atoms with van der Waals surface area (Å²) in [6, 6.07) is 9.55. The summed E-state index contributed by atoms with van der Waals surface area (Å²) in [4.78, 5) is 31.7. The van der Waals surface area contributed by atoms with Gasteiger partial charge in [0, 0.05) is 24.7 Å². The van der Waals surface area contributed by atoms with Crippen LogP contribution in [0.5, 0.6) is 0 Å². The summed E-state index contributed by atoms with van der Waals surface area (Å²) < 4.78 is 0. The maximum atomic E-state index is 12.9. The number of rotatable bonds is 7. The topological polar surface area (TPSA) is 74.3 Å². The summed E-state index contributed by atoms with van der Waals surface area (Å²) in [6.45, 7) is 5.41. The first-order valence-corrected chi connectivity index (χ1v) is 10.2. The highest BCUT2D eigenvalue weighted by Gasteiger charge is 2.42. The Morgan fingerprint density at radius 1 is 1.41 bits per heavy atom. The van der Waals surface area contributed by atoms with E-state index in [0.717, 1.165) is 23.4 Å². The standard InChI is InChI=1S/C20H26N4O2S/c1-3-9-20(2)19(26)22-10-12-24(20)14-16(25)23-17(18-21-11-13-27-18)15-7-5-4-6-8-15/h4-8,11,13,17H,3,9-10,12,14H2,1-2H3,(H,22,26)(H,23,25)/t17-,20+/m1/s1. The highest BCUT2D eigenvalue weighted by Crippen LogP contribution is 2.26. The van der Waals surface area contributed by atoms with Gasteiger partial charge in [0.2, 0.25) is 11.8 Å². The first kappa shape index (κ1) is 19.5. The lowest BCUT2D eigenvalue weighted by molar-refractivity contribution is -0.139. The highest BCUT2D eigenvalue weighted by molar-refractivity contribution is 7.09. The van der Waals surface area contributed by atoms with Gasteiger partial charge in [-0.3, -0.25) is 14.5 Å². The summed E-state index contributed by atoms with van der Waals surface area (Å²) in [5.41, 5.74) is 0.349. The van der Waals surface area contributed by atoms with E-state index >= 15 is 0 Å². The molecule has 1 aliphatic heterocycles. The average molecular weight is 387 g/mol. The molecule has 0 spiro atoms. The number of nitrogens with zero attached hydrogens (tertiary/aromatic N) is 2. The summed E-state index contributed by atoms with van der Waals surface area (Å²) in [6.07, 6.45) is 3.35. The summed E-state index contributed by atoms with van der Waals surface area (Å²) in [7, 11) is 0. The molecule has 6 nitrogen and oxygen atoms in total. The van der Waals surface area contributed by atoms with Crippen molar-refractivity contribution < 1.29 is 9.59 Å². The highest BCUT2D eigenvalue weighted by atomic mass is 32.1. The van der Waals surface area contributed by atoms with Gasteiger partial charge in [0.15, 0.2) is 0 Å². The van der Waals surface area contributed by atoms with Gasteiger partial charge < -0.3 is 10.6 Å². The number of thiazole rings is 1. The van der Waals surface area contributed by atoms with E-state index in [-0.39, 0.29) is 24.4 Å². The van der Waals surface area contributed by atoms with Crippen molar-refractivity contribution in [3.05, 3.63) is 52.5 Å². The Labute approximate surface area is 164 Å². The van der Waals surface area contributed by atoms with Crippen LogP contribution in [-0.4, -0.2) is 46.9 Å². The van der Waals surface area contributed by atoms with Gasteiger partial charge in [-0.25, -0.2) is 4.98 Å². The van der Waals surface area contributed by atoms with Crippen molar-refractivity contribution in [2.45, 2.75) is 38.3 Å². The van der Waals surface area contributed by atoms with Crippen LogP contribution in [-0.2, 0) is 9.59 Å². The van der Waals surface area contributed by atoms with Gasteiger partial charge in [-0.1, -0.05) is 43.7 Å². The van der Waals surface area contributed by atoms with Crippen molar-refractivity contribution in [2.24, 2.45) is 0 Å². The molecule has 1 aromatic carbocycles. The molecule has 1 saturated heterocycles. The number of carbonyl (C=O) groups excluding carboxylic acids is 2. The first-order valence-electron chi connectivity index (χ1n) is 9.31. The normalized spacial score (nSPS) is 21.5. The number of piperazine rings is 1. The number of nitrogens with one attached hydrogen (secondary N) is 2. The minimum Gasteiger partial charge on any atom is -0.353 e. The molecule has 144 valence electrons. The number of benzene rings is 1. The number of hydrogen-bond acceptors (Lipinski definition) is 5. The Balaban J connectivity index is 1.75. The molecule has 27 heavy (non-hydrogen) atoms. The molecule has 2 N–H and O–H groups in total. The predicted molar refractivity (Wildman–Crippen MR) is 106 cm³/mol. The van der Waals surface area contributed by atoms with E-state index in [9.17, 15) is 9.59 Å². The molecule has 0 radical (unpaired) electrons. The van der Waals surface area contributed by atoms with Gasteiger partial charge in [0.1, 0.15) is 11.0 Å². The minimum atomic E-state index is -0.645. The monoisotopic (exact) mass is 386 g/mol. The number of hydrogen-bond donors (Lipinski definition) is 2. The maximum Gasteiger partial charge on any atom is 0.240 e. The maximum absolute atomic E-state index is 12.9. The summed E-state index contributed by atoms with van der Waals surface area (Å²) in [5, 5.41) is 8.80. The van der Waals surface area contributed by atoms with Crippen LogP contribution in [0.15, 0.2) is 41.9 Å². The molecule has 2 atom stereocenters. The molecule has 2 aromatic rings. The quantitative estimate of drug-likeness (QED) is 0.766. The van der Waals surface area contributed by atoms with E-state index in [1.165, 1.54) is 11.3 Å². The second kappa shape index (κ2) is 8.63. The van der Waals surface area contributed by atoms with E-state index in [1.807, 2.05) is 47.5 Å². The van der Waals surface area contributed by atoms with Crippen molar-refractivity contribution in [1.82, 2.24) is 20.5 Å². The van der Waals surface area contributed by atoms with Gasteiger partial charge in [-0.2, -0.15) is 0 Å². The predicted octanol–water partition coefficient (Wildman–Crippen LogP) is 2.34. The largest absolute Gasteiger partial charge is 0.353 e. The molecule has 1 aromatic heterocycles.